The third-order valence-corrected chi connectivity index (χ3v) is 2.60. The van der Waals surface area contributed by atoms with Gasteiger partial charge in [0.2, 0.25) is 0 Å². The molecule has 0 saturated carbocycles. The molecule has 3 nitrogen and oxygen atoms in total. The zero-order valence-corrected chi connectivity index (χ0v) is 8.50. The fourth-order valence-corrected chi connectivity index (χ4v) is 1.56. The third kappa shape index (κ3) is 3.26. The summed E-state index contributed by atoms with van der Waals surface area (Å²) in [6.45, 7) is 0.372. The standard InChI is InChI=1S/C9H12NO2S/c1-10(11)7-8-3-5-9(6-4-8)13(2)12/h3-6H,7H2,1-2H3/q-1. The minimum absolute atomic E-state index is 0.372. The van der Waals surface area contributed by atoms with Crippen LogP contribution in [0.5, 0.6) is 0 Å². The van der Waals surface area contributed by atoms with Gasteiger partial charge in [0.1, 0.15) is 0 Å². The first-order valence-corrected chi connectivity index (χ1v) is 5.46. The van der Waals surface area contributed by atoms with Gasteiger partial charge in [0.05, 0.1) is 0 Å². The molecule has 1 atom stereocenters. The van der Waals surface area contributed by atoms with Crippen LogP contribution in [0.25, 0.3) is 0 Å². The topological polar surface area (TPSA) is 43.4 Å². The van der Waals surface area contributed by atoms with Gasteiger partial charge < -0.3 is 10.3 Å². The van der Waals surface area contributed by atoms with Crippen molar-refractivity contribution in [3.63, 3.8) is 0 Å². The van der Waals surface area contributed by atoms with Crippen LogP contribution in [0.2, 0.25) is 0 Å². The summed E-state index contributed by atoms with van der Waals surface area (Å²) in [4.78, 5) is 0.789. The Balaban J connectivity index is 2.75. The van der Waals surface area contributed by atoms with Gasteiger partial charge in [0, 0.05) is 28.5 Å². The van der Waals surface area contributed by atoms with Crippen LogP contribution in [0.4, 0.5) is 0 Å². The molecule has 0 heterocycles. The number of nitrogens with zero attached hydrogens (tertiary/aromatic N) is 1. The monoisotopic (exact) mass is 198 g/mol. The highest BCUT2D eigenvalue weighted by molar-refractivity contribution is 7.84. The zero-order valence-electron chi connectivity index (χ0n) is 7.69. The Morgan fingerprint density at radius 2 is 1.92 bits per heavy atom. The molecular weight excluding hydrogens is 186 g/mol. The molecule has 1 unspecified atom stereocenters. The predicted octanol–water partition coefficient (Wildman–Crippen LogP) is 1.35. The molecule has 0 aliphatic rings. The molecule has 0 amide bonds. The van der Waals surface area contributed by atoms with Crippen molar-refractivity contribution < 1.29 is 4.21 Å². The second-order valence-electron chi connectivity index (χ2n) is 2.88. The van der Waals surface area contributed by atoms with Crippen molar-refractivity contribution in [1.29, 1.82) is 0 Å². The Labute approximate surface area is 80.4 Å². The molecule has 1 aromatic carbocycles. The van der Waals surface area contributed by atoms with Crippen molar-refractivity contribution >= 4 is 10.8 Å². The number of hydroxylamine groups is 2. The van der Waals surface area contributed by atoms with Crippen LogP contribution in [0.1, 0.15) is 5.56 Å². The maximum absolute atomic E-state index is 11.0. The lowest BCUT2D eigenvalue weighted by Gasteiger charge is -2.21. The summed E-state index contributed by atoms with van der Waals surface area (Å²) >= 11 is 0. The Hall–Kier alpha value is -0.710. The van der Waals surface area contributed by atoms with E-state index in [-0.39, 0.29) is 0 Å². The zero-order chi connectivity index (χ0) is 9.84. The van der Waals surface area contributed by atoms with Crippen molar-refractivity contribution in [3.8, 4) is 0 Å². The van der Waals surface area contributed by atoms with Gasteiger partial charge in [-0.2, -0.15) is 0 Å². The second-order valence-corrected chi connectivity index (χ2v) is 4.26. The van der Waals surface area contributed by atoms with Crippen LogP contribution in [0, 0.1) is 5.21 Å². The number of rotatable bonds is 3. The average molecular weight is 198 g/mol. The lowest BCUT2D eigenvalue weighted by molar-refractivity contribution is 0.453. The molecule has 0 N–H and O–H groups in total. The predicted molar refractivity (Wildman–Crippen MR) is 53.6 cm³/mol. The Morgan fingerprint density at radius 1 is 1.38 bits per heavy atom. The van der Waals surface area contributed by atoms with E-state index in [1.807, 2.05) is 12.1 Å². The molecule has 0 fully saturated rings. The first-order valence-electron chi connectivity index (χ1n) is 3.90. The highest BCUT2D eigenvalue weighted by Gasteiger charge is 1.96. The average Bonchev–Trinajstić information content (AvgIpc) is 2.04. The highest BCUT2D eigenvalue weighted by atomic mass is 32.2. The minimum Gasteiger partial charge on any atom is -0.785 e. The van der Waals surface area contributed by atoms with Gasteiger partial charge in [0.15, 0.2) is 0 Å². The molecule has 13 heavy (non-hydrogen) atoms. The molecule has 1 rings (SSSR count). The van der Waals surface area contributed by atoms with Gasteiger partial charge >= 0.3 is 0 Å². The Bertz CT molecular complexity index is 295. The van der Waals surface area contributed by atoms with Gasteiger partial charge in [0.25, 0.3) is 0 Å². The van der Waals surface area contributed by atoms with Crippen molar-refractivity contribution in [2.75, 3.05) is 13.3 Å². The molecule has 0 saturated heterocycles. The molecule has 0 aliphatic heterocycles. The maximum Gasteiger partial charge on any atom is 0.0498 e. The molecule has 0 bridgehead atoms. The molecule has 4 heteroatoms. The van der Waals surface area contributed by atoms with Gasteiger partial charge in [-0.25, -0.2) is 0 Å². The molecule has 0 aromatic heterocycles. The van der Waals surface area contributed by atoms with E-state index in [0.29, 0.717) is 6.54 Å². The molecule has 72 valence electrons. The van der Waals surface area contributed by atoms with Gasteiger partial charge in [-0.1, -0.05) is 12.1 Å². The van der Waals surface area contributed by atoms with Crippen molar-refractivity contribution in [3.05, 3.63) is 35.0 Å². The molecule has 0 spiro atoms. The van der Waals surface area contributed by atoms with E-state index >= 15 is 0 Å². The van der Waals surface area contributed by atoms with E-state index in [9.17, 15) is 9.42 Å². The fraction of sp³-hybridized carbons (Fsp3) is 0.333. The quantitative estimate of drug-likeness (QED) is 0.689. The lowest BCUT2D eigenvalue weighted by atomic mass is 10.2. The van der Waals surface area contributed by atoms with E-state index in [1.54, 1.807) is 18.4 Å². The summed E-state index contributed by atoms with van der Waals surface area (Å²) in [5, 5.41) is 11.5. The molecular formula is C9H12NO2S-. The summed E-state index contributed by atoms with van der Waals surface area (Å²) < 4.78 is 11.0. The third-order valence-electron chi connectivity index (χ3n) is 1.66. The van der Waals surface area contributed by atoms with E-state index in [2.05, 4.69) is 0 Å². The van der Waals surface area contributed by atoms with Crippen LogP contribution in [-0.4, -0.2) is 22.6 Å². The van der Waals surface area contributed by atoms with Gasteiger partial charge in [-0.05, 0) is 24.7 Å². The van der Waals surface area contributed by atoms with E-state index < -0.39 is 10.8 Å². The summed E-state index contributed by atoms with van der Waals surface area (Å²) in [6, 6.07) is 7.22. The van der Waals surface area contributed by atoms with Gasteiger partial charge in [-0.3, -0.25) is 4.21 Å². The van der Waals surface area contributed by atoms with Crippen LogP contribution >= 0.6 is 0 Å². The first kappa shape index (κ1) is 10.4. The Morgan fingerprint density at radius 3 is 2.31 bits per heavy atom. The highest BCUT2D eigenvalue weighted by Crippen LogP contribution is 2.08. The fourth-order valence-electron chi connectivity index (χ4n) is 1.04. The summed E-state index contributed by atoms with van der Waals surface area (Å²) in [6.07, 6.45) is 1.63. The van der Waals surface area contributed by atoms with Crippen molar-refractivity contribution in [1.82, 2.24) is 5.06 Å². The Kier molecular flexibility index (Phi) is 3.59. The normalized spacial score (nSPS) is 13.2. The van der Waals surface area contributed by atoms with E-state index in [0.717, 1.165) is 15.5 Å². The second kappa shape index (κ2) is 4.50. The molecule has 1 aromatic rings. The van der Waals surface area contributed by atoms with Crippen LogP contribution in [0.15, 0.2) is 29.2 Å². The molecule has 0 aliphatic carbocycles. The largest absolute Gasteiger partial charge is 0.785 e. The first-order chi connectivity index (χ1) is 6.09. The maximum atomic E-state index is 11.0. The van der Waals surface area contributed by atoms with Crippen molar-refractivity contribution in [2.45, 2.75) is 11.4 Å². The van der Waals surface area contributed by atoms with Gasteiger partial charge in [-0.15, -0.1) is 0 Å². The van der Waals surface area contributed by atoms with Crippen LogP contribution in [-0.2, 0) is 17.3 Å². The summed E-state index contributed by atoms with van der Waals surface area (Å²) in [5.41, 5.74) is 0.937. The summed E-state index contributed by atoms with van der Waals surface area (Å²) in [7, 11) is 0.536. The van der Waals surface area contributed by atoms with Crippen LogP contribution < -0.4 is 0 Å². The number of benzene rings is 1. The molecule has 0 radical (unpaired) electrons. The lowest BCUT2D eigenvalue weighted by Crippen LogP contribution is -2.08. The minimum atomic E-state index is -0.942. The van der Waals surface area contributed by atoms with Crippen LogP contribution in [0.3, 0.4) is 0 Å². The van der Waals surface area contributed by atoms with E-state index in [4.69, 9.17) is 0 Å². The smallest absolute Gasteiger partial charge is 0.0498 e. The SMILES string of the molecule is CN([O-])Cc1ccc(S(C)=O)cc1. The van der Waals surface area contributed by atoms with Crippen molar-refractivity contribution in [2.24, 2.45) is 0 Å². The van der Waals surface area contributed by atoms with E-state index in [1.165, 1.54) is 7.05 Å². The number of hydrogen-bond acceptors (Lipinski definition) is 3. The number of hydrogen-bond donors (Lipinski definition) is 0. The summed E-state index contributed by atoms with van der Waals surface area (Å²) in [5.74, 6) is 0.